The first kappa shape index (κ1) is 18.8. The number of rotatable bonds is 5. The van der Waals surface area contributed by atoms with E-state index in [0.717, 1.165) is 24.3 Å². The van der Waals surface area contributed by atoms with Crippen LogP contribution < -0.4 is 5.56 Å². The van der Waals surface area contributed by atoms with E-state index in [-0.39, 0.29) is 11.5 Å². The van der Waals surface area contributed by atoms with Gasteiger partial charge >= 0.3 is 0 Å². The van der Waals surface area contributed by atoms with E-state index in [1.165, 1.54) is 28.0 Å². The zero-order chi connectivity index (χ0) is 19.7. The highest BCUT2D eigenvalue weighted by molar-refractivity contribution is 7.16. The second kappa shape index (κ2) is 7.85. The zero-order valence-corrected chi connectivity index (χ0v) is 17.0. The lowest BCUT2D eigenvalue weighted by Crippen LogP contribution is -2.37. The molecule has 0 saturated carbocycles. The lowest BCUT2D eigenvalue weighted by Gasteiger charge is -2.29. The van der Waals surface area contributed by atoms with Crippen LogP contribution >= 0.6 is 11.3 Å². The van der Waals surface area contributed by atoms with Crippen molar-refractivity contribution in [1.82, 2.24) is 19.4 Å². The fourth-order valence-corrected chi connectivity index (χ4v) is 4.43. The third kappa shape index (κ3) is 3.86. The van der Waals surface area contributed by atoms with Crippen LogP contribution in [0.2, 0.25) is 0 Å². The molecule has 1 amide bonds. The number of nitrogens with zero attached hydrogens (tertiary/aromatic N) is 4. The topological polar surface area (TPSA) is 58.4 Å². The molecular weight excluding hydrogens is 372 g/mol. The number of amides is 1. The molecular formula is C21H24N4O2S. The molecule has 0 unspecified atom stereocenters. The van der Waals surface area contributed by atoms with E-state index >= 15 is 0 Å². The molecule has 0 atom stereocenters. The van der Waals surface area contributed by atoms with Crippen LogP contribution in [-0.2, 0) is 30.8 Å². The number of aryl methyl sites for hydroxylation is 1. The van der Waals surface area contributed by atoms with Crippen molar-refractivity contribution in [2.24, 2.45) is 0 Å². The van der Waals surface area contributed by atoms with Crippen LogP contribution in [0.4, 0.5) is 0 Å². The monoisotopic (exact) mass is 396 g/mol. The molecule has 0 radical (unpaired) electrons. The van der Waals surface area contributed by atoms with E-state index in [2.05, 4.69) is 42.2 Å². The SMILES string of the molecule is CN(C)Cc1ccc2c(c1)CCN(C(=O)CCn1cnc3sccc3c1=O)C2. The fraction of sp³-hybridized carbons (Fsp3) is 0.381. The molecule has 0 bridgehead atoms. The summed E-state index contributed by atoms with van der Waals surface area (Å²) in [6, 6.07) is 8.35. The van der Waals surface area contributed by atoms with Gasteiger partial charge in [-0.05, 0) is 48.7 Å². The van der Waals surface area contributed by atoms with Gasteiger partial charge in [-0.25, -0.2) is 4.98 Å². The van der Waals surface area contributed by atoms with Crippen molar-refractivity contribution in [2.45, 2.75) is 32.5 Å². The Morgan fingerprint density at radius 1 is 1.25 bits per heavy atom. The Morgan fingerprint density at radius 2 is 2.11 bits per heavy atom. The molecule has 2 aromatic heterocycles. The molecule has 1 aromatic carbocycles. The molecule has 1 aliphatic rings. The third-order valence-corrected chi connectivity index (χ3v) is 5.97. The molecule has 146 valence electrons. The zero-order valence-electron chi connectivity index (χ0n) is 16.2. The minimum atomic E-state index is -0.0727. The van der Waals surface area contributed by atoms with Crippen molar-refractivity contribution in [3.8, 4) is 0 Å². The summed E-state index contributed by atoms with van der Waals surface area (Å²) in [6.07, 6.45) is 2.74. The Balaban J connectivity index is 1.40. The van der Waals surface area contributed by atoms with Gasteiger partial charge in [0, 0.05) is 32.6 Å². The Morgan fingerprint density at radius 3 is 2.93 bits per heavy atom. The van der Waals surface area contributed by atoms with Crippen molar-refractivity contribution in [2.75, 3.05) is 20.6 Å². The average molecular weight is 397 g/mol. The quantitative estimate of drug-likeness (QED) is 0.665. The molecule has 0 N–H and O–H groups in total. The Kier molecular flexibility index (Phi) is 5.28. The molecule has 0 spiro atoms. The van der Waals surface area contributed by atoms with Gasteiger partial charge in [0.2, 0.25) is 5.91 Å². The summed E-state index contributed by atoms with van der Waals surface area (Å²) >= 11 is 1.45. The first-order valence-electron chi connectivity index (χ1n) is 9.47. The van der Waals surface area contributed by atoms with Crippen LogP contribution in [0, 0.1) is 0 Å². The molecule has 3 aromatic rings. The summed E-state index contributed by atoms with van der Waals surface area (Å²) in [6.45, 7) is 2.66. The maximum absolute atomic E-state index is 12.7. The summed E-state index contributed by atoms with van der Waals surface area (Å²) in [5, 5.41) is 2.49. The maximum Gasteiger partial charge on any atom is 0.262 e. The number of benzene rings is 1. The number of hydrogen-bond acceptors (Lipinski definition) is 5. The minimum absolute atomic E-state index is 0.0727. The van der Waals surface area contributed by atoms with Crippen LogP contribution in [0.25, 0.3) is 10.2 Å². The van der Waals surface area contributed by atoms with Crippen LogP contribution in [-0.4, -0.2) is 45.9 Å². The van der Waals surface area contributed by atoms with Gasteiger partial charge in [0.25, 0.3) is 5.56 Å². The highest BCUT2D eigenvalue weighted by Crippen LogP contribution is 2.21. The highest BCUT2D eigenvalue weighted by Gasteiger charge is 2.21. The molecule has 3 heterocycles. The van der Waals surface area contributed by atoms with Crippen molar-refractivity contribution in [3.63, 3.8) is 0 Å². The van der Waals surface area contributed by atoms with Gasteiger partial charge in [-0.3, -0.25) is 14.2 Å². The Bertz CT molecular complexity index is 1070. The summed E-state index contributed by atoms with van der Waals surface area (Å²) in [7, 11) is 4.13. The predicted molar refractivity (Wildman–Crippen MR) is 111 cm³/mol. The molecule has 6 nitrogen and oxygen atoms in total. The molecule has 1 aliphatic heterocycles. The molecule has 0 fully saturated rings. The van der Waals surface area contributed by atoms with Crippen LogP contribution in [0.1, 0.15) is 23.1 Å². The van der Waals surface area contributed by atoms with E-state index in [1.54, 1.807) is 17.0 Å². The van der Waals surface area contributed by atoms with E-state index in [4.69, 9.17) is 0 Å². The second-order valence-electron chi connectivity index (χ2n) is 7.54. The van der Waals surface area contributed by atoms with Gasteiger partial charge in [-0.1, -0.05) is 18.2 Å². The highest BCUT2D eigenvalue weighted by atomic mass is 32.1. The van der Waals surface area contributed by atoms with Gasteiger partial charge < -0.3 is 9.80 Å². The standard InChI is InChI=1S/C21H24N4O2S/c1-23(2)12-15-3-4-17-13-24(8-5-16(17)11-15)19(26)6-9-25-14-22-20-18(21(25)27)7-10-28-20/h3-4,7,10-11,14H,5-6,8-9,12-13H2,1-2H3. The molecule has 0 aliphatic carbocycles. The van der Waals surface area contributed by atoms with Crippen molar-refractivity contribution < 1.29 is 4.79 Å². The van der Waals surface area contributed by atoms with Crippen molar-refractivity contribution >= 4 is 27.5 Å². The van der Waals surface area contributed by atoms with Crippen LogP contribution in [0.15, 0.2) is 40.8 Å². The molecule has 4 rings (SSSR count). The summed E-state index contributed by atoms with van der Waals surface area (Å²) in [5.41, 5.74) is 3.79. The Labute approximate surface area is 168 Å². The van der Waals surface area contributed by atoms with E-state index < -0.39 is 0 Å². The number of fused-ring (bicyclic) bond motifs is 2. The van der Waals surface area contributed by atoms with Crippen molar-refractivity contribution in [1.29, 1.82) is 0 Å². The smallest absolute Gasteiger partial charge is 0.262 e. The number of thiophene rings is 1. The molecule has 28 heavy (non-hydrogen) atoms. The second-order valence-corrected chi connectivity index (χ2v) is 8.43. The predicted octanol–water partition coefficient (Wildman–Crippen LogP) is 2.49. The first-order chi connectivity index (χ1) is 13.5. The number of carbonyl (C=O) groups excluding carboxylic acids is 1. The number of aromatic nitrogens is 2. The van der Waals surface area contributed by atoms with Gasteiger partial charge in [0.1, 0.15) is 4.83 Å². The maximum atomic E-state index is 12.7. The first-order valence-corrected chi connectivity index (χ1v) is 10.3. The normalized spacial score (nSPS) is 13.9. The fourth-order valence-electron chi connectivity index (χ4n) is 3.71. The van der Waals surface area contributed by atoms with Gasteiger partial charge in [-0.15, -0.1) is 11.3 Å². The summed E-state index contributed by atoms with van der Waals surface area (Å²) in [4.78, 5) is 34.3. The lowest BCUT2D eigenvalue weighted by atomic mass is 9.97. The van der Waals surface area contributed by atoms with Gasteiger partial charge in [-0.2, -0.15) is 0 Å². The van der Waals surface area contributed by atoms with E-state index in [1.807, 2.05) is 10.3 Å². The van der Waals surface area contributed by atoms with E-state index in [0.29, 0.717) is 24.9 Å². The lowest BCUT2D eigenvalue weighted by molar-refractivity contribution is -0.132. The van der Waals surface area contributed by atoms with Crippen LogP contribution in [0.3, 0.4) is 0 Å². The third-order valence-electron chi connectivity index (χ3n) is 5.15. The minimum Gasteiger partial charge on any atom is -0.338 e. The van der Waals surface area contributed by atoms with Gasteiger partial charge in [0.15, 0.2) is 0 Å². The summed E-state index contributed by atoms with van der Waals surface area (Å²) in [5.74, 6) is 0.0836. The Hall–Kier alpha value is -2.51. The number of carbonyl (C=O) groups is 1. The van der Waals surface area contributed by atoms with Crippen molar-refractivity contribution in [3.05, 3.63) is 63.0 Å². The summed E-state index contributed by atoms with van der Waals surface area (Å²) < 4.78 is 1.54. The number of hydrogen-bond donors (Lipinski definition) is 0. The van der Waals surface area contributed by atoms with Crippen LogP contribution in [0.5, 0.6) is 0 Å². The average Bonchev–Trinajstić information content (AvgIpc) is 3.16. The van der Waals surface area contributed by atoms with Gasteiger partial charge in [0.05, 0.1) is 11.7 Å². The van der Waals surface area contributed by atoms with E-state index in [9.17, 15) is 9.59 Å². The largest absolute Gasteiger partial charge is 0.338 e. The molecule has 7 heteroatoms. The molecule has 0 saturated heterocycles.